The number of amides is 1. The molecule has 9 heteroatoms. The lowest BCUT2D eigenvalue weighted by atomic mass is 9.75. The molecule has 3 N–H and O–H groups in total. The van der Waals surface area contributed by atoms with Crippen LogP contribution in [0.1, 0.15) is 30.9 Å². The van der Waals surface area contributed by atoms with Gasteiger partial charge in [0, 0.05) is 30.3 Å². The van der Waals surface area contributed by atoms with Crippen LogP contribution in [0, 0.1) is 17.4 Å². The number of fused-ring (bicyclic) bond motifs is 1. The molecule has 1 aromatic heterocycles. The van der Waals surface area contributed by atoms with Gasteiger partial charge in [-0.2, -0.15) is 5.26 Å². The van der Waals surface area contributed by atoms with E-state index in [2.05, 4.69) is 32.3 Å². The molecule has 0 bridgehead atoms. The van der Waals surface area contributed by atoms with Crippen LogP contribution in [0.5, 0.6) is 0 Å². The Bertz CT molecular complexity index is 707. The molecule has 0 radical (unpaired) electrons. The molecule has 9 nitrogen and oxygen atoms in total. The zero-order chi connectivity index (χ0) is 17.9. The molecule has 1 aliphatic carbocycles. The van der Waals surface area contributed by atoms with E-state index in [0.29, 0.717) is 36.8 Å². The molecule has 3 unspecified atom stereocenters. The highest BCUT2D eigenvalue weighted by atomic mass is 16.5. The minimum atomic E-state index is -0.663. The van der Waals surface area contributed by atoms with Gasteiger partial charge in [0.15, 0.2) is 12.3 Å². The number of ether oxygens (including phenoxy) is 1. The van der Waals surface area contributed by atoms with Crippen molar-refractivity contribution in [3.8, 4) is 6.19 Å². The predicted octanol–water partition coefficient (Wildman–Crippen LogP) is -0.0429. The zero-order valence-corrected chi connectivity index (χ0v) is 14.5. The van der Waals surface area contributed by atoms with Crippen LogP contribution in [0.3, 0.4) is 0 Å². The van der Waals surface area contributed by atoms with Gasteiger partial charge in [0.1, 0.15) is 12.1 Å². The third kappa shape index (κ3) is 3.49. The first kappa shape index (κ1) is 17.1. The molecular formula is C17H23N7O2. The molecule has 3 fully saturated rings. The SMILES string of the molecule is N#CN1CCO[C@@H](C(=O)Nc2cc(C3CCCC4NNCC43)ncn2)C1. The second kappa shape index (κ2) is 7.53. The van der Waals surface area contributed by atoms with Gasteiger partial charge in [-0.25, -0.2) is 9.97 Å². The van der Waals surface area contributed by atoms with E-state index in [1.54, 1.807) is 0 Å². The normalized spacial score (nSPS) is 31.1. The number of hydrogen-bond donors (Lipinski definition) is 3. The summed E-state index contributed by atoms with van der Waals surface area (Å²) in [6.45, 7) is 2.08. The highest BCUT2D eigenvalue weighted by Crippen LogP contribution is 2.38. The summed E-state index contributed by atoms with van der Waals surface area (Å²) < 4.78 is 5.48. The molecular weight excluding hydrogens is 334 g/mol. The Hall–Kier alpha value is -2.28. The van der Waals surface area contributed by atoms with Crippen molar-refractivity contribution in [2.75, 3.05) is 31.6 Å². The van der Waals surface area contributed by atoms with Gasteiger partial charge in [0.05, 0.1) is 19.7 Å². The predicted molar refractivity (Wildman–Crippen MR) is 92.6 cm³/mol. The summed E-state index contributed by atoms with van der Waals surface area (Å²) in [5.74, 6) is 1.07. The van der Waals surface area contributed by atoms with Crippen molar-refractivity contribution in [3.63, 3.8) is 0 Å². The Labute approximate surface area is 152 Å². The molecule has 26 heavy (non-hydrogen) atoms. The molecule has 1 saturated carbocycles. The van der Waals surface area contributed by atoms with Crippen LogP contribution in [0.15, 0.2) is 12.4 Å². The molecule has 1 amide bonds. The van der Waals surface area contributed by atoms with E-state index in [1.165, 1.54) is 17.6 Å². The van der Waals surface area contributed by atoms with Gasteiger partial charge in [-0.1, -0.05) is 6.42 Å². The van der Waals surface area contributed by atoms with Gasteiger partial charge < -0.3 is 15.0 Å². The zero-order valence-electron chi connectivity index (χ0n) is 14.5. The average Bonchev–Trinajstić information content (AvgIpc) is 3.17. The number of anilines is 1. The first-order valence-corrected chi connectivity index (χ1v) is 9.12. The first-order valence-electron chi connectivity index (χ1n) is 9.12. The maximum absolute atomic E-state index is 12.4. The maximum Gasteiger partial charge on any atom is 0.256 e. The second-order valence-corrected chi connectivity index (χ2v) is 7.06. The molecule has 4 rings (SSSR count). The van der Waals surface area contributed by atoms with Gasteiger partial charge in [-0.15, -0.1) is 0 Å². The van der Waals surface area contributed by atoms with Crippen LogP contribution >= 0.6 is 0 Å². The maximum atomic E-state index is 12.4. The number of rotatable bonds is 3. The monoisotopic (exact) mass is 357 g/mol. The van der Waals surface area contributed by atoms with Crippen LogP contribution in [-0.4, -0.2) is 59.2 Å². The molecule has 138 valence electrons. The summed E-state index contributed by atoms with van der Waals surface area (Å²) in [6.07, 6.45) is 6.34. The molecule has 0 spiro atoms. The van der Waals surface area contributed by atoms with Crippen LogP contribution < -0.4 is 16.2 Å². The van der Waals surface area contributed by atoms with Gasteiger partial charge in [0.2, 0.25) is 0 Å². The minimum Gasteiger partial charge on any atom is -0.365 e. The molecule has 2 aliphatic heterocycles. The van der Waals surface area contributed by atoms with Crippen LogP contribution in [0.2, 0.25) is 0 Å². The highest BCUT2D eigenvalue weighted by Gasteiger charge is 2.38. The third-order valence-corrected chi connectivity index (χ3v) is 5.51. The van der Waals surface area contributed by atoms with Gasteiger partial charge in [-0.3, -0.25) is 15.6 Å². The van der Waals surface area contributed by atoms with Gasteiger partial charge in [-0.05, 0) is 18.8 Å². The van der Waals surface area contributed by atoms with Crippen LogP contribution in [-0.2, 0) is 9.53 Å². The average molecular weight is 357 g/mol. The Morgan fingerprint density at radius 1 is 1.42 bits per heavy atom. The van der Waals surface area contributed by atoms with Crippen molar-refractivity contribution in [1.29, 1.82) is 5.26 Å². The van der Waals surface area contributed by atoms with Crippen LogP contribution in [0.4, 0.5) is 5.82 Å². The Morgan fingerprint density at radius 3 is 3.23 bits per heavy atom. The topological polar surface area (TPSA) is 115 Å². The lowest BCUT2D eigenvalue weighted by molar-refractivity contribution is -0.131. The third-order valence-electron chi connectivity index (χ3n) is 5.51. The van der Waals surface area contributed by atoms with Crippen molar-refractivity contribution in [2.24, 2.45) is 5.92 Å². The lowest BCUT2D eigenvalue weighted by Gasteiger charge is -2.32. The van der Waals surface area contributed by atoms with Gasteiger partial charge >= 0.3 is 0 Å². The van der Waals surface area contributed by atoms with E-state index >= 15 is 0 Å². The summed E-state index contributed by atoms with van der Waals surface area (Å²) in [5, 5.41) is 11.8. The number of nitrogens with zero attached hydrogens (tertiary/aromatic N) is 4. The number of aromatic nitrogens is 2. The quantitative estimate of drug-likeness (QED) is 0.646. The number of carbonyl (C=O) groups excluding carboxylic acids is 1. The Morgan fingerprint density at radius 2 is 2.35 bits per heavy atom. The van der Waals surface area contributed by atoms with Crippen molar-refractivity contribution in [2.45, 2.75) is 37.3 Å². The molecule has 2 saturated heterocycles. The van der Waals surface area contributed by atoms with E-state index in [0.717, 1.165) is 25.1 Å². The summed E-state index contributed by atoms with van der Waals surface area (Å²) in [5.41, 5.74) is 7.57. The summed E-state index contributed by atoms with van der Waals surface area (Å²) in [4.78, 5) is 22.6. The lowest BCUT2D eigenvalue weighted by Crippen LogP contribution is -2.46. The fourth-order valence-electron chi connectivity index (χ4n) is 4.15. The first-order chi connectivity index (χ1) is 12.7. The fourth-order valence-corrected chi connectivity index (χ4v) is 4.15. The molecule has 1 aromatic rings. The van der Waals surface area contributed by atoms with E-state index in [-0.39, 0.29) is 12.5 Å². The summed E-state index contributed by atoms with van der Waals surface area (Å²) in [6, 6.07) is 2.35. The number of hydrogen-bond acceptors (Lipinski definition) is 8. The number of hydrazine groups is 1. The van der Waals surface area contributed by atoms with Crippen molar-refractivity contribution < 1.29 is 9.53 Å². The highest BCUT2D eigenvalue weighted by molar-refractivity contribution is 5.93. The fraction of sp³-hybridized carbons (Fsp3) is 0.647. The molecule has 4 atom stereocenters. The van der Waals surface area contributed by atoms with Crippen LogP contribution in [0.25, 0.3) is 0 Å². The smallest absolute Gasteiger partial charge is 0.256 e. The molecule has 3 heterocycles. The minimum absolute atomic E-state index is 0.268. The van der Waals surface area contributed by atoms with E-state index < -0.39 is 6.10 Å². The van der Waals surface area contributed by atoms with Crippen molar-refractivity contribution in [3.05, 3.63) is 18.1 Å². The second-order valence-electron chi connectivity index (χ2n) is 7.06. The molecule has 0 aromatic carbocycles. The standard InChI is InChI=1S/C17H23N7O2/c18-9-24-4-5-26-15(8-24)17(25)22-16-6-14(19-10-20-16)11-2-1-3-13-12(11)7-21-23-13/h6,10-13,15,21,23H,1-5,7-8H2,(H,19,20,22,25)/t11?,12?,13?,15-/m1/s1. The Balaban J connectivity index is 1.44. The van der Waals surface area contributed by atoms with E-state index in [4.69, 9.17) is 10.00 Å². The van der Waals surface area contributed by atoms with Crippen molar-refractivity contribution in [1.82, 2.24) is 25.7 Å². The van der Waals surface area contributed by atoms with Gasteiger partial charge in [0.25, 0.3) is 5.91 Å². The number of nitriles is 1. The number of carbonyl (C=O) groups is 1. The van der Waals surface area contributed by atoms with E-state index in [9.17, 15) is 4.79 Å². The number of nitrogens with one attached hydrogen (secondary N) is 3. The summed E-state index contributed by atoms with van der Waals surface area (Å²) in [7, 11) is 0. The van der Waals surface area contributed by atoms with E-state index in [1.807, 2.05) is 6.07 Å². The summed E-state index contributed by atoms with van der Waals surface area (Å²) >= 11 is 0. The molecule has 3 aliphatic rings. The Kier molecular flexibility index (Phi) is 4.97. The van der Waals surface area contributed by atoms with Crippen molar-refractivity contribution >= 4 is 11.7 Å². The largest absolute Gasteiger partial charge is 0.365 e. The number of morpholine rings is 1.